The first kappa shape index (κ1) is 33.3. The van der Waals surface area contributed by atoms with Crippen LogP contribution in [-0.4, -0.2) is 43.8 Å². The Hall–Kier alpha value is -3.21. The van der Waals surface area contributed by atoms with Crippen LogP contribution in [0, 0.1) is 12.8 Å². The second-order valence-corrected chi connectivity index (χ2v) is 12.7. The highest BCUT2D eigenvalue weighted by atomic mass is 31.1. The van der Waals surface area contributed by atoms with Gasteiger partial charge in [-0.3, -0.25) is 9.59 Å². The van der Waals surface area contributed by atoms with Gasteiger partial charge in [-0.15, -0.1) is 0 Å². The number of fused-ring (bicyclic) bond motifs is 1. The van der Waals surface area contributed by atoms with Gasteiger partial charge in [-0.05, 0) is 81.4 Å². The lowest BCUT2D eigenvalue weighted by molar-refractivity contribution is 0.0935. The number of aryl methyl sites for hydroxylation is 1. The van der Waals surface area contributed by atoms with E-state index in [1.54, 1.807) is 14.2 Å². The summed E-state index contributed by atoms with van der Waals surface area (Å²) < 4.78 is 15.2. The third kappa shape index (κ3) is 9.68. The summed E-state index contributed by atoms with van der Waals surface area (Å²) in [6, 6.07) is 11.8. The number of nitrogens with zero attached hydrogens (tertiary/aromatic N) is 1. The van der Waals surface area contributed by atoms with Crippen LogP contribution in [0.1, 0.15) is 90.6 Å². The number of hydrogen-bond donors (Lipinski definition) is 1. The van der Waals surface area contributed by atoms with Crippen LogP contribution in [0.5, 0.6) is 0 Å². The Morgan fingerprint density at radius 2 is 1.81 bits per heavy atom. The molecular formula is C35H47N2O4P. The summed E-state index contributed by atoms with van der Waals surface area (Å²) >= 11 is 0. The third-order valence-corrected chi connectivity index (χ3v) is 9.74. The van der Waals surface area contributed by atoms with Gasteiger partial charge in [0, 0.05) is 49.2 Å². The number of ether oxygens (including phenoxy) is 2. The number of hydrogen-bond acceptors (Lipinski definition) is 5. The molecule has 1 aromatic heterocycles. The average Bonchev–Trinajstić information content (AvgIpc) is 3.40. The van der Waals surface area contributed by atoms with Crippen molar-refractivity contribution in [3.8, 4) is 0 Å². The Balaban J connectivity index is 1.55. The number of amides is 1. The molecule has 0 bridgehead atoms. The minimum absolute atomic E-state index is 0.0729. The summed E-state index contributed by atoms with van der Waals surface area (Å²) in [6.07, 6.45) is 9.62. The van der Waals surface area contributed by atoms with Gasteiger partial charge in [0.15, 0.2) is 5.78 Å². The zero-order chi connectivity index (χ0) is 30.5. The molecule has 226 valence electrons. The predicted molar refractivity (Wildman–Crippen MR) is 175 cm³/mol. The van der Waals surface area contributed by atoms with Gasteiger partial charge in [-0.2, -0.15) is 0 Å². The Bertz CT molecular complexity index is 1370. The maximum absolute atomic E-state index is 12.9. The molecule has 0 saturated carbocycles. The van der Waals surface area contributed by atoms with E-state index in [0.29, 0.717) is 31.1 Å². The number of benzene rings is 2. The minimum Gasteiger partial charge on any atom is -0.502 e. The van der Waals surface area contributed by atoms with Crippen LogP contribution in [-0.2, 0) is 15.6 Å². The van der Waals surface area contributed by atoms with Crippen molar-refractivity contribution in [3.63, 3.8) is 0 Å². The zero-order valence-corrected chi connectivity index (χ0v) is 26.9. The summed E-state index contributed by atoms with van der Waals surface area (Å²) in [7, 11) is 2.64. The van der Waals surface area contributed by atoms with Crippen molar-refractivity contribution in [2.24, 2.45) is 5.92 Å². The van der Waals surface area contributed by atoms with Gasteiger partial charge in [0.1, 0.15) is 0 Å². The Kier molecular flexibility index (Phi) is 13.5. The molecule has 2 atom stereocenters. The number of Topliss-reactive ketones (excluding diaryl/α,β-unsaturated/α-hetero) is 1. The molecule has 42 heavy (non-hydrogen) atoms. The predicted octanol–water partition coefficient (Wildman–Crippen LogP) is 8.72. The number of nitrogens with one attached hydrogen (secondary N) is 1. The van der Waals surface area contributed by atoms with Crippen LogP contribution in [0.25, 0.3) is 16.5 Å². The number of ketones is 1. The second kappa shape index (κ2) is 17.0. The standard InChI is InChI=1S/C35H47N2O4P/c1-7-10-28(23-42-24-32-27(4)31(19-20-33(32)37-42)35(39)36-21-22-40-5)13-9-14-34(38)30-17-15-29(16-18-30)25(2)11-8-12-26(3)41-6/h11,15-20,24,28H,3,7-10,12-14,21-23H2,1-2,4-6H3,(H,36,39)/b25-11+. The molecule has 0 radical (unpaired) electrons. The van der Waals surface area contributed by atoms with E-state index in [4.69, 9.17) is 14.2 Å². The van der Waals surface area contributed by atoms with E-state index in [-0.39, 0.29) is 11.7 Å². The van der Waals surface area contributed by atoms with E-state index < -0.39 is 7.69 Å². The molecular weight excluding hydrogens is 543 g/mol. The molecule has 0 spiro atoms. The van der Waals surface area contributed by atoms with Gasteiger partial charge in [0.2, 0.25) is 0 Å². The third-order valence-electron chi connectivity index (χ3n) is 7.83. The number of carbonyl (C=O) groups is 2. The van der Waals surface area contributed by atoms with Crippen molar-refractivity contribution in [2.45, 2.75) is 71.9 Å². The van der Waals surface area contributed by atoms with Gasteiger partial charge in [-0.25, -0.2) is 4.75 Å². The van der Waals surface area contributed by atoms with E-state index in [2.05, 4.69) is 37.6 Å². The zero-order valence-electron chi connectivity index (χ0n) is 26.0. The van der Waals surface area contributed by atoms with Crippen molar-refractivity contribution < 1.29 is 19.1 Å². The fourth-order valence-electron chi connectivity index (χ4n) is 5.27. The highest BCUT2D eigenvalue weighted by molar-refractivity contribution is 7.44. The molecule has 7 heteroatoms. The van der Waals surface area contributed by atoms with Gasteiger partial charge < -0.3 is 14.8 Å². The van der Waals surface area contributed by atoms with Crippen LogP contribution in [0.2, 0.25) is 0 Å². The Morgan fingerprint density at radius 1 is 1.07 bits per heavy atom. The summed E-state index contributed by atoms with van der Waals surface area (Å²) in [5.41, 5.74) is 5.78. The molecule has 0 saturated heterocycles. The molecule has 1 N–H and O–H groups in total. The molecule has 0 aliphatic heterocycles. The monoisotopic (exact) mass is 590 g/mol. The molecule has 6 nitrogen and oxygen atoms in total. The molecule has 0 aliphatic rings. The van der Waals surface area contributed by atoms with Crippen LogP contribution >= 0.6 is 7.69 Å². The van der Waals surface area contributed by atoms with Crippen LogP contribution in [0.4, 0.5) is 0 Å². The normalized spacial score (nSPS) is 12.8. The first-order valence-electron chi connectivity index (χ1n) is 15.0. The fourth-order valence-corrected chi connectivity index (χ4v) is 7.48. The lowest BCUT2D eigenvalue weighted by Crippen LogP contribution is -2.27. The van der Waals surface area contributed by atoms with E-state index in [1.165, 1.54) is 5.57 Å². The van der Waals surface area contributed by atoms with E-state index in [9.17, 15) is 9.59 Å². The van der Waals surface area contributed by atoms with Gasteiger partial charge in [0.05, 0.1) is 25.0 Å². The average molecular weight is 591 g/mol. The highest BCUT2D eigenvalue weighted by Gasteiger charge is 2.16. The molecule has 3 aromatic rings. The SMILES string of the molecule is C=C(CC/C=C(\C)c1ccc(C(=O)CCCC(CCC)Cp2cc3c(C)c(C(=O)NCCOC)ccc3n2)cc1)OC. The lowest BCUT2D eigenvalue weighted by Gasteiger charge is -2.15. The molecule has 2 aromatic carbocycles. The largest absolute Gasteiger partial charge is 0.502 e. The van der Waals surface area contributed by atoms with Crippen LogP contribution < -0.4 is 5.32 Å². The lowest BCUT2D eigenvalue weighted by atomic mass is 9.96. The molecule has 2 unspecified atom stereocenters. The molecule has 3 rings (SSSR count). The van der Waals surface area contributed by atoms with E-state index >= 15 is 0 Å². The number of methoxy groups -OCH3 is 2. The van der Waals surface area contributed by atoms with Gasteiger partial charge >= 0.3 is 0 Å². The molecule has 0 fully saturated rings. The maximum Gasteiger partial charge on any atom is 0.251 e. The first-order chi connectivity index (χ1) is 20.3. The minimum atomic E-state index is -0.633. The van der Waals surface area contributed by atoms with E-state index in [1.807, 2.05) is 43.3 Å². The van der Waals surface area contributed by atoms with Crippen LogP contribution in [0.3, 0.4) is 0 Å². The summed E-state index contributed by atoms with van der Waals surface area (Å²) in [5.74, 6) is 3.73. The smallest absolute Gasteiger partial charge is 0.251 e. The van der Waals surface area contributed by atoms with Gasteiger partial charge in [0.25, 0.3) is 5.91 Å². The van der Waals surface area contributed by atoms with Crippen molar-refractivity contribution >= 4 is 35.9 Å². The van der Waals surface area contributed by atoms with E-state index in [0.717, 1.165) is 78.0 Å². The molecule has 1 heterocycles. The van der Waals surface area contributed by atoms with Crippen molar-refractivity contribution in [1.82, 2.24) is 10.1 Å². The Labute approximate surface area is 252 Å². The summed E-state index contributed by atoms with van der Waals surface area (Å²) in [5, 5.41) is 4.01. The first-order valence-corrected chi connectivity index (χ1v) is 16.6. The van der Waals surface area contributed by atoms with Crippen molar-refractivity contribution in [2.75, 3.05) is 27.4 Å². The summed E-state index contributed by atoms with van der Waals surface area (Å²) in [4.78, 5) is 25.6. The highest BCUT2D eigenvalue weighted by Crippen LogP contribution is 2.38. The topological polar surface area (TPSA) is 77.5 Å². The number of carbonyl (C=O) groups excluding carboxylic acids is 2. The summed E-state index contributed by atoms with van der Waals surface area (Å²) in [6.45, 7) is 11.2. The van der Waals surface area contributed by atoms with Gasteiger partial charge in [-0.1, -0.05) is 56.7 Å². The number of allylic oxidation sites excluding steroid dienone is 3. The molecule has 1 amide bonds. The van der Waals surface area contributed by atoms with Crippen LogP contribution in [0.15, 0.2) is 60.6 Å². The number of aromatic nitrogens is 1. The maximum atomic E-state index is 12.9. The van der Waals surface area contributed by atoms with Crippen molar-refractivity contribution in [1.29, 1.82) is 0 Å². The quantitative estimate of drug-likeness (QED) is 0.0911. The number of rotatable bonds is 18. The Morgan fingerprint density at radius 3 is 2.50 bits per heavy atom. The van der Waals surface area contributed by atoms with Crippen molar-refractivity contribution in [3.05, 3.63) is 82.9 Å². The second-order valence-electron chi connectivity index (χ2n) is 11.0. The molecule has 0 aliphatic carbocycles. The fraction of sp³-hybridized carbons (Fsp3) is 0.457.